The Hall–Kier alpha value is 0.240. The summed E-state index contributed by atoms with van der Waals surface area (Å²) < 4.78 is 28.3. The van der Waals surface area contributed by atoms with E-state index in [1.807, 2.05) is 0 Å². The van der Waals surface area contributed by atoms with E-state index in [2.05, 4.69) is 31.9 Å². The Morgan fingerprint density at radius 2 is 2.11 bits per heavy atom. The molecule has 0 unspecified atom stereocenters. The molecule has 0 aliphatic carbocycles. The van der Waals surface area contributed by atoms with E-state index >= 15 is 0 Å². The maximum absolute atomic E-state index is 12.6. The Bertz CT molecular complexity index is 578. The van der Waals surface area contributed by atoms with Gasteiger partial charge in [0.05, 0.1) is 9.83 Å². The maximum atomic E-state index is 12.6. The molecule has 0 N–H and O–H groups in total. The van der Waals surface area contributed by atoms with E-state index in [1.165, 1.54) is 11.2 Å². The topological polar surface area (TPSA) is 54.5 Å². The van der Waals surface area contributed by atoms with Gasteiger partial charge in [-0.25, -0.2) is 8.42 Å². The van der Waals surface area contributed by atoms with Gasteiger partial charge in [0.25, 0.3) is 10.0 Å². The van der Waals surface area contributed by atoms with Gasteiger partial charge in [0.15, 0.2) is 0 Å². The highest BCUT2D eigenvalue weighted by Crippen LogP contribution is 2.37. The average Bonchev–Trinajstić information content (AvgIpc) is 2.70. The van der Waals surface area contributed by atoms with Gasteiger partial charge in [0.1, 0.15) is 9.99 Å². The van der Waals surface area contributed by atoms with E-state index in [1.54, 1.807) is 6.07 Å². The van der Waals surface area contributed by atoms with Crippen molar-refractivity contribution in [1.29, 1.82) is 0 Å². The first-order chi connectivity index (χ1) is 8.84. The Morgan fingerprint density at radius 1 is 1.42 bits per heavy atom. The molecule has 0 bridgehead atoms. The fourth-order valence-electron chi connectivity index (χ4n) is 2.17. The van der Waals surface area contributed by atoms with Crippen molar-refractivity contribution >= 4 is 59.0 Å². The Morgan fingerprint density at radius 3 is 2.63 bits per heavy atom. The van der Waals surface area contributed by atoms with Crippen molar-refractivity contribution in [3.8, 4) is 0 Å². The predicted molar refractivity (Wildman–Crippen MR) is 81.9 cm³/mol. The molecule has 2 heterocycles. The van der Waals surface area contributed by atoms with Crippen LogP contribution in [0.3, 0.4) is 0 Å². The molecule has 1 aliphatic rings. The number of Topliss-reactive ketones (excluding diaryl/α,β-unsaturated/α-hetero) is 1. The standard InChI is InChI=1S/C11H13Br2NO3S2/c1-7(15)9-4-2-3-5-14(9)19(16,17)10-6-8(12)11(13)18-10/h6,9H,2-5H2,1H3/t9-/m0/s1. The normalized spacial score (nSPS) is 21.5. The molecule has 0 spiro atoms. The smallest absolute Gasteiger partial charge is 0.253 e. The van der Waals surface area contributed by atoms with E-state index in [0.29, 0.717) is 17.4 Å². The van der Waals surface area contributed by atoms with E-state index in [9.17, 15) is 13.2 Å². The largest absolute Gasteiger partial charge is 0.298 e. The van der Waals surface area contributed by atoms with Crippen LogP contribution in [0.25, 0.3) is 0 Å². The molecule has 1 atom stereocenters. The van der Waals surface area contributed by atoms with Crippen LogP contribution in [0.15, 0.2) is 18.5 Å². The number of rotatable bonds is 3. The number of ketones is 1. The fourth-order valence-corrected chi connectivity index (χ4v) is 6.83. The van der Waals surface area contributed by atoms with Gasteiger partial charge in [-0.3, -0.25) is 4.79 Å². The van der Waals surface area contributed by atoms with Crippen molar-refractivity contribution in [1.82, 2.24) is 4.31 Å². The highest BCUT2D eigenvalue weighted by atomic mass is 79.9. The third kappa shape index (κ3) is 3.12. The number of hydrogen-bond donors (Lipinski definition) is 0. The number of carbonyl (C=O) groups is 1. The lowest BCUT2D eigenvalue weighted by Crippen LogP contribution is -2.46. The van der Waals surface area contributed by atoms with E-state index in [0.717, 1.165) is 28.0 Å². The second kappa shape index (κ2) is 5.93. The zero-order valence-corrected chi connectivity index (χ0v) is 15.0. The molecule has 0 saturated carbocycles. The summed E-state index contributed by atoms with van der Waals surface area (Å²) in [7, 11) is -3.59. The first kappa shape index (κ1) is 15.6. The van der Waals surface area contributed by atoms with Crippen molar-refractivity contribution in [2.24, 2.45) is 0 Å². The first-order valence-corrected chi connectivity index (χ1v) is 9.65. The van der Waals surface area contributed by atoms with Gasteiger partial charge in [-0.2, -0.15) is 4.31 Å². The van der Waals surface area contributed by atoms with Crippen LogP contribution in [-0.2, 0) is 14.8 Å². The zero-order valence-electron chi connectivity index (χ0n) is 10.2. The molecule has 106 valence electrons. The lowest BCUT2D eigenvalue weighted by molar-refractivity contribution is -0.121. The summed E-state index contributed by atoms with van der Waals surface area (Å²) in [6, 6.07) is 1.06. The van der Waals surface area contributed by atoms with Gasteiger partial charge in [0, 0.05) is 11.0 Å². The molecule has 0 amide bonds. The van der Waals surface area contributed by atoms with Gasteiger partial charge >= 0.3 is 0 Å². The summed E-state index contributed by atoms with van der Waals surface area (Å²) in [5.41, 5.74) is 0. The molecule has 2 rings (SSSR count). The second-order valence-corrected chi connectivity index (χ2v) is 9.77. The van der Waals surface area contributed by atoms with Crippen LogP contribution >= 0.6 is 43.2 Å². The minimum Gasteiger partial charge on any atom is -0.298 e. The Kier molecular flexibility index (Phi) is 4.88. The minimum atomic E-state index is -3.59. The predicted octanol–water partition coefficient (Wildman–Crippen LogP) is 3.41. The molecule has 19 heavy (non-hydrogen) atoms. The number of hydrogen-bond acceptors (Lipinski definition) is 4. The van der Waals surface area contributed by atoms with Crippen LogP contribution in [0.5, 0.6) is 0 Å². The second-order valence-electron chi connectivity index (χ2n) is 4.43. The molecule has 1 aliphatic heterocycles. The lowest BCUT2D eigenvalue weighted by Gasteiger charge is -2.32. The lowest BCUT2D eigenvalue weighted by atomic mass is 10.0. The summed E-state index contributed by atoms with van der Waals surface area (Å²) in [5, 5.41) is 0. The van der Waals surface area contributed by atoms with Crippen molar-refractivity contribution in [2.45, 2.75) is 36.4 Å². The zero-order chi connectivity index (χ0) is 14.2. The summed E-state index contributed by atoms with van der Waals surface area (Å²) in [6.45, 7) is 1.87. The van der Waals surface area contributed by atoms with Crippen molar-refractivity contribution in [3.63, 3.8) is 0 Å². The molecular formula is C11H13Br2NO3S2. The van der Waals surface area contributed by atoms with Crippen LogP contribution in [0.2, 0.25) is 0 Å². The maximum Gasteiger partial charge on any atom is 0.253 e. The SMILES string of the molecule is CC(=O)[C@@H]1CCCCN1S(=O)(=O)c1cc(Br)c(Br)s1. The van der Waals surface area contributed by atoms with Gasteiger partial charge in [-0.1, -0.05) is 6.42 Å². The number of sulfonamides is 1. The number of carbonyl (C=O) groups excluding carboxylic acids is 1. The highest BCUT2D eigenvalue weighted by Gasteiger charge is 2.36. The number of thiophene rings is 1. The van der Waals surface area contributed by atoms with Crippen LogP contribution in [0, 0.1) is 0 Å². The third-order valence-corrected chi connectivity index (χ3v) is 8.72. The Labute approximate surface area is 133 Å². The van der Waals surface area contributed by atoms with Crippen LogP contribution < -0.4 is 0 Å². The van der Waals surface area contributed by atoms with Crippen LogP contribution in [-0.4, -0.2) is 31.1 Å². The summed E-state index contributed by atoms with van der Waals surface area (Å²) in [5.74, 6) is -0.0852. The number of nitrogens with zero attached hydrogens (tertiary/aromatic N) is 1. The Balaban J connectivity index is 2.39. The van der Waals surface area contributed by atoms with Gasteiger partial charge in [-0.05, 0) is 57.7 Å². The fraction of sp³-hybridized carbons (Fsp3) is 0.545. The van der Waals surface area contributed by atoms with Crippen molar-refractivity contribution in [3.05, 3.63) is 14.3 Å². The van der Waals surface area contributed by atoms with Crippen LogP contribution in [0.1, 0.15) is 26.2 Å². The summed E-state index contributed by atoms with van der Waals surface area (Å²) in [4.78, 5) is 11.6. The monoisotopic (exact) mass is 429 g/mol. The molecular weight excluding hydrogens is 418 g/mol. The third-order valence-electron chi connectivity index (χ3n) is 3.11. The number of halogens is 2. The average molecular weight is 431 g/mol. The molecule has 1 aromatic rings. The molecule has 0 aromatic carbocycles. The molecule has 1 aromatic heterocycles. The summed E-state index contributed by atoms with van der Waals surface area (Å²) in [6.07, 6.45) is 2.31. The van der Waals surface area contributed by atoms with E-state index in [4.69, 9.17) is 0 Å². The summed E-state index contributed by atoms with van der Waals surface area (Å²) >= 11 is 7.75. The number of piperidine rings is 1. The molecule has 1 saturated heterocycles. The van der Waals surface area contributed by atoms with E-state index in [-0.39, 0.29) is 9.99 Å². The van der Waals surface area contributed by atoms with Crippen molar-refractivity contribution < 1.29 is 13.2 Å². The first-order valence-electron chi connectivity index (χ1n) is 5.81. The quantitative estimate of drug-likeness (QED) is 0.738. The van der Waals surface area contributed by atoms with E-state index < -0.39 is 16.1 Å². The highest BCUT2D eigenvalue weighted by molar-refractivity contribution is 9.13. The minimum absolute atomic E-state index is 0.0852. The van der Waals surface area contributed by atoms with Gasteiger partial charge in [0.2, 0.25) is 0 Å². The molecule has 1 fully saturated rings. The van der Waals surface area contributed by atoms with Gasteiger partial charge in [-0.15, -0.1) is 11.3 Å². The van der Waals surface area contributed by atoms with Crippen molar-refractivity contribution in [2.75, 3.05) is 6.54 Å². The molecule has 0 radical (unpaired) electrons. The van der Waals surface area contributed by atoms with Gasteiger partial charge < -0.3 is 0 Å². The van der Waals surface area contributed by atoms with Crippen LogP contribution in [0.4, 0.5) is 0 Å². The molecule has 4 nitrogen and oxygen atoms in total. The molecule has 8 heteroatoms.